The summed E-state index contributed by atoms with van der Waals surface area (Å²) in [5.74, 6) is -0.579. The van der Waals surface area contributed by atoms with E-state index in [2.05, 4.69) is 15.3 Å². The van der Waals surface area contributed by atoms with Crippen molar-refractivity contribution < 1.29 is 19.1 Å². The average Bonchev–Trinajstić information content (AvgIpc) is 3.46. The second-order valence-electron chi connectivity index (χ2n) is 8.77. The summed E-state index contributed by atoms with van der Waals surface area (Å²) in [6.45, 7) is 0.518. The van der Waals surface area contributed by atoms with Crippen molar-refractivity contribution >= 4 is 28.6 Å². The monoisotopic (exact) mass is 426 g/mol. The maximum atomic E-state index is 13.6. The number of amides is 2. The van der Waals surface area contributed by atoms with Crippen LogP contribution in [0.15, 0.2) is 23.0 Å². The summed E-state index contributed by atoms with van der Waals surface area (Å²) in [4.78, 5) is 57.4. The number of carbonyl (C=O) groups excluding carboxylic acids is 3. The lowest BCUT2D eigenvalue weighted by Crippen LogP contribution is -2.55. The standard InChI is InChI=1S/C22H26N4O5/c27-16-11-31-17-8-9-26(19(16)17)21(29)18(12-4-2-1-3-5-12)25-20(28)13-6-7-14-15(10-13)24-22(30)23-14/h6-7,10,12,17-19H,1-5,8-9,11H2,(H,25,28)(H2,23,24,30)/t17-,18+,19-/m1/s1. The normalized spacial score (nSPS) is 25.0. The molecule has 3 N–H and O–H groups in total. The molecule has 0 radical (unpaired) electrons. The molecule has 164 valence electrons. The summed E-state index contributed by atoms with van der Waals surface area (Å²) in [6.07, 6.45) is 5.32. The Labute approximate surface area is 178 Å². The van der Waals surface area contributed by atoms with Crippen molar-refractivity contribution in [1.29, 1.82) is 0 Å². The maximum absolute atomic E-state index is 13.6. The van der Waals surface area contributed by atoms with E-state index < -0.39 is 12.1 Å². The fraction of sp³-hybridized carbons (Fsp3) is 0.545. The Hall–Kier alpha value is -2.94. The van der Waals surface area contributed by atoms with Gasteiger partial charge in [0.25, 0.3) is 5.91 Å². The van der Waals surface area contributed by atoms with E-state index in [0.29, 0.717) is 29.6 Å². The van der Waals surface area contributed by atoms with Crippen LogP contribution in [0.2, 0.25) is 0 Å². The van der Waals surface area contributed by atoms with Crippen LogP contribution >= 0.6 is 0 Å². The van der Waals surface area contributed by atoms with Gasteiger partial charge in [-0.1, -0.05) is 19.3 Å². The van der Waals surface area contributed by atoms with Gasteiger partial charge in [-0.05, 0) is 43.4 Å². The molecule has 3 atom stereocenters. The molecular formula is C22H26N4O5. The van der Waals surface area contributed by atoms with Gasteiger partial charge in [0.05, 0.1) is 17.1 Å². The number of aromatic amines is 2. The summed E-state index contributed by atoms with van der Waals surface area (Å²) in [6, 6.07) is 3.69. The molecule has 9 heteroatoms. The SMILES string of the molecule is O=C(N[C@H](C(=O)N1CC[C@H]2OCC(=O)[C@H]21)C1CCCCC1)c1ccc2[nH]c(=O)[nH]c2c1. The molecule has 3 aliphatic rings. The van der Waals surface area contributed by atoms with Crippen molar-refractivity contribution in [2.45, 2.75) is 56.7 Å². The predicted molar refractivity (Wildman–Crippen MR) is 112 cm³/mol. The van der Waals surface area contributed by atoms with Gasteiger partial charge in [-0.25, -0.2) is 4.79 Å². The lowest BCUT2D eigenvalue weighted by Gasteiger charge is -2.34. The number of benzene rings is 1. The summed E-state index contributed by atoms with van der Waals surface area (Å²) in [5.41, 5.74) is 1.18. The molecule has 0 bridgehead atoms. The van der Waals surface area contributed by atoms with E-state index >= 15 is 0 Å². The van der Waals surface area contributed by atoms with Crippen molar-refractivity contribution in [2.24, 2.45) is 5.92 Å². The van der Waals surface area contributed by atoms with Crippen molar-refractivity contribution in [2.75, 3.05) is 13.2 Å². The average molecular weight is 426 g/mol. The second kappa shape index (κ2) is 7.96. The first-order chi connectivity index (χ1) is 15.0. The van der Waals surface area contributed by atoms with E-state index in [1.807, 2.05) is 0 Å². The fourth-order valence-corrected chi connectivity index (χ4v) is 5.27. The number of carbonyl (C=O) groups is 3. The highest BCUT2D eigenvalue weighted by atomic mass is 16.5. The Morgan fingerprint density at radius 3 is 2.65 bits per heavy atom. The summed E-state index contributed by atoms with van der Waals surface area (Å²) in [7, 11) is 0. The zero-order valence-electron chi connectivity index (χ0n) is 17.2. The van der Waals surface area contributed by atoms with Crippen molar-refractivity contribution in [3.05, 3.63) is 34.2 Å². The molecule has 3 fully saturated rings. The Morgan fingerprint density at radius 2 is 1.84 bits per heavy atom. The number of nitrogens with one attached hydrogen (secondary N) is 3. The molecule has 0 unspecified atom stereocenters. The van der Waals surface area contributed by atoms with E-state index in [1.54, 1.807) is 23.1 Å². The van der Waals surface area contributed by atoms with Gasteiger partial charge in [0.15, 0.2) is 5.78 Å². The molecule has 31 heavy (non-hydrogen) atoms. The molecule has 3 heterocycles. The highest BCUT2D eigenvalue weighted by Crippen LogP contribution is 2.32. The number of aromatic nitrogens is 2. The van der Waals surface area contributed by atoms with E-state index in [4.69, 9.17) is 4.74 Å². The van der Waals surface area contributed by atoms with E-state index in [9.17, 15) is 19.2 Å². The minimum absolute atomic E-state index is 0.0393. The van der Waals surface area contributed by atoms with Crippen LogP contribution in [0.1, 0.15) is 48.9 Å². The van der Waals surface area contributed by atoms with Gasteiger partial charge in [-0.3, -0.25) is 14.4 Å². The first kappa shape index (κ1) is 20.0. The van der Waals surface area contributed by atoms with Crippen molar-refractivity contribution in [3.8, 4) is 0 Å². The largest absolute Gasteiger partial charge is 0.368 e. The number of hydrogen-bond donors (Lipinski definition) is 3. The molecule has 1 saturated carbocycles. The molecular weight excluding hydrogens is 400 g/mol. The lowest BCUT2D eigenvalue weighted by molar-refractivity contribution is -0.139. The van der Waals surface area contributed by atoms with E-state index in [0.717, 1.165) is 32.1 Å². The molecule has 1 aliphatic carbocycles. The third kappa shape index (κ3) is 3.67. The Morgan fingerprint density at radius 1 is 1.06 bits per heavy atom. The maximum Gasteiger partial charge on any atom is 0.323 e. The number of hydrogen-bond acceptors (Lipinski definition) is 5. The van der Waals surface area contributed by atoms with Crippen LogP contribution in [0, 0.1) is 5.92 Å². The Balaban J connectivity index is 1.40. The fourth-order valence-electron chi connectivity index (χ4n) is 5.27. The number of likely N-dealkylation sites (tertiary alicyclic amines) is 1. The molecule has 2 aromatic rings. The van der Waals surface area contributed by atoms with Gasteiger partial charge >= 0.3 is 5.69 Å². The van der Waals surface area contributed by atoms with Crippen LogP contribution < -0.4 is 11.0 Å². The number of H-pyrrole nitrogens is 2. The zero-order chi connectivity index (χ0) is 21.5. The molecule has 1 aromatic heterocycles. The molecule has 1 aromatic carbocycles. The highest BCUT2D eigenvalue weighted by Gasteiger charge is 2.49. The lowest BCUT2D eigenvalue weighted by atomic mass is 9.83. The Kier molecular flexibility index (Phi) is 5.13. The predicted octanol–water partition coefficient (Wildman–Crippen LogP) is 1.10. The molecule has 5 rings (SSSR count). The van der Waals surface area contributed by atoms with Crippen molar-refractivity contribution in [1.82, 2.24) is 20.2 Å². The molecule has 2 saturated heterocycles. The minimum atomic E-state index is -0.680. The van der Waals surface area contributed by atoms with E-state index in [1.165, 1.54) is 0 Å². The molecule has 9 nitrogen and oxygen atoms in total. The number of ketones is 1. The summed E-state index contributed by atoms with van der Waals surface area (Å²) < 4.78 is 5.53. The molecule has 2 amide bonds. The van der Waals surface area contributed by atoms with Gasteiger partial charge in [0, 0.05) is 12.1 Å². The Bertz CT molecular complexity index is 1080. The smallest absolute Gasteiger partial charge is 0.323 e. The van der Waals surface area contributed by atoms with Gasteiger partial charge in [0.2, 0.25) is 5.91 Å². The third-order valence-electron chi connectivity index (χ3n) is 6.85. The van der Waals surface area contributed by atoms with E-state index in [-0.39, 0.29) is 41.9 Å². The van der Waals surface area contributed by atoms with Crippen LogP contribution in [-0.4, -0.2) is 63.8 Å². The van der Waals surface area contributed by atoms with Crippen LogP contribution in [0.25, 0.3) is 11.0 Å². The quantitative estimate of drug-likeness (QED) is 0.675. The van der Waals surface area contributed by atoms with Gasteiger partial charge in [-0.15, -0.1) is 0 Å². The first-order valence-electron chi connectivity index (χ1n) is 11.0. The number of ether oxygens (including phenoxy) is 1. The van der Waals surface area contributed by atoms with Gasteiger partial charge in [-0.2, -0.15) is 0 Å². The number of Topliss-reactive ketones (excluding diaryl/α,β-unsaturated/α-hetero) is 1. The molecule has 0 spiro atoms. The number of rotatable bonds is 4. The van der Waals surface area contributed by atoms with Crippen LogP contribution in [0.3, 0.4) is 0 Å². The number of imidazole rings is 1. The van der Waals surface area contributed by atoms with Gasteiger partial charge < -0.3 is 24.9 Å². The molecule has 2 aliphatic heterocycles. The third-order valence-corrected chi connectivity index (χ3v) is 6.85. The van der Waals surface area contributed by atoms with Crippen LogP contribution in [0.5, 0.6) is 0 Å². The van der Waals surface area contributed by atoms with Crippen molar-refractivity contribution in [3.63, 3.8) is 0 Å². The van der Waals surface area contributed by atoms with Crippen LogP contribution in [0.4, 0.5) is 0 Å². The summed E-state index contributed by atoms with van der Waals surface area (Å²) in [5, 5.41) is 2.96. The van der Waals surface area contributed by atoms with Crippen LogP contribution in [-0.2, 0) is 14.3 Å². The first-order valence-corrected chi connectivity index (χ1v) is 11.0. The second-order valence-corrected chi connectivity index (χ2v) is 8.77. The number of nitrogens with zero attached hydrogens (tertiary/aromatic N) is 1. The topological polar surface area (TPSA) is 124 Å². The minimum Gasteiger partial charge on any atom is -0.368 e. The van der Waals surface area contributed by atoms with Gasteiger partial charge in [0.1, 0.15) is 18.7 Å². The zero-order valence-corrected chi connectivity index (χ0v) is 17.2. The highest BCUT2D eigenvalue weighted by molar-refractivity contribution is 6.01. The summed E-state index contributed by atoms with van der Waals surface area (Å²) >= 11 is 0. The number of fused-ring (bicyclic) bond motifs is 2.